The van der Waals surface area contributed by atoms with Crippen molar-refractivity contribution in [1.82, 2.24) is 15.8 Å². The standard InChI is InChI=1S/C15H13N3O2S/c1-2-16-15(21)17-18-13(19)10-7-3-5-9-6-4-8-11(12(9)10)14(18)20/h3-8H,2H2,1H3,(H2,16,17,21). The Morgan fingerprint density at radius 1 is 1.10 bits per heavy atom. The number of hydrazine groups is 1. The molecule has 6 heteroatoms. The third kappa shape index (κ3) is 2.13. The maximum absolute atomic E-state index is 12.5. The summed E-state index contributed by atoms with van der Waals surface area (Å²) in [6.07, 6.45) is 0. The van der Waals surface area contributed by atoms with Gasteiger partial charge in [0, 0.05) is 11.9 Å². The van der Waals surface area contributed by atoms with E-state index in [0.29, 0.717) is 23.1 Å². The molecule has 3 rings (SSSR count). The molecule has 0 fully saturated rings. The van der Waals surface area contributed by atoms with Gasteiger partial charge in [-0.25, -0.2) is 0 Å². The fourth-order valence-corrected chi connectivity index (χ4v) is 2.67. The van der Waals surface area contributed by atoms with Gasteiger partial charge in [0.1, 0.15) is 0 Å². The molecule has 1 aliphatic heterocycles. The van der Waals surface area contributed by atoms with E-state index in [4.69, 9.17) is 12.2 Å². The molecule has 1 heterocycles. The summed E-state index contributed by atoms with van der Waals surface area (Å²) in [4.78, 5) is 25.0. The van der Waals surface area contributed by atoms with Gasteiger partial charge in [-0.2, -0.15) is 5.01 Å². The van der Waals surface area contributed by atoms with Crippen molar-refractivity contribution in [3.63, 3.8) is 0 Å². The second kappa shape index (κ2) is 5.14. The van der Waals surface area contributed by atoms with E-state index in [9.17, 15) is 9.59 Å². The van der Waals surface area contributed by atoms with E-state index in [2.05, 4.69) is 10.7 Å². The van der Waals surface area contributed by atoms with Gasteiger partial charge < -0.3 is 5.32 Å². The average molecular weight is 299 g/mol. The molecule has 0 saturated carbocycles. The minimum absolute atomic E-state index is 0.241. The Morgan fingerprint density at radius 2 is 1.67 bits per heavy atom. The van der Waals surface area contributed by atoms with E-state index in [1.807, 2.05) is 19.1 Å². The number of rotatable bonds is 2. The van der Waals surface area contributed by atoms with E-state index < -0.39 is 11.8 Å². The van der Waals surface area contributed by atoms with Crippen molar-refractivity contribution in [2.45, 2.75) is 6.92 Å². The van der Waals surface area contributed by atoms with Crippen molar-refractivity contribution in [3.8, 4) is 0 Å². The maximum Gasteiger partial charge on any atom is 0.280 e. The Labute approximate surface area is 126 Å². The van der Waals surface area contributed by atoms with Crippen LogP contribution in [0, 0.1) is 0 Å². The van der Waals surface area contributed by atoms with E-state index in [1.165, 1.54) is 0 Å². The lowest BCUT2D eigenvalue weighted by molar-refractivity contribution is 0.0566. The lowest BCUT2D eigenvalue weighted by Gasteiger charge is -2.28. The molecule has 2 aromatic carbocycles. The zero-order valence-electron chi connectivity index (χ0n) is 11.3. The van der Waals surface area contributed by atoms with Crippen molar-refractivity contribution in [2.75, 3.05) is 6.54 Å². The van der Waals surface area contributed by atoms with E-state index in [-0.39, 0.29) is 5.11 Å². The van der Waals surface area contributed by atoms with Gasteiger partial charge in [-0.1, -0.05) is 24.3 Å². The van der Waals surface area contributed by atoms with Crippen molar-refractivity contribution >= 4 is 39.9 Å². The molecule has 2 aromatic rings. The van der Waals surface area contributed by atoms with Crippen LogP contribution in [0.3, 0.4) is 0 Å². The first kappa shape index (κ1) is 13.5. The van der Waals surface area contributed by atoms with Crippen LogP contribution in [0.4, 0.5) is 0 Å². The van der Waals surface area contributed by atoms with Crippen molar-refractivity contribution < 1.29 is 9.59 Å². The summed E-state index contributed by atoms with van der Waals surface area (Å²) < 4.78 is 0. The van der Waals surface area contributed by atoms with Gasteiger partial charge >= 0.3 is 0 Å². The number of amides is 2. The monoisotopic (exact) mass is 299 g/mol. The molecule has 106 valence electrons. The SMILES string of the molecule is CCNC(=S)NN1C(=O)c2cccc3cccc(c23)C1=O. The highest BCUT2D eigenvalue weighted by atomic mass is 32.1. The molecule has 0 atom stereocenters. The first-order valence-electron chi connectivity index (χ1n) is 6.58. The average Bonchev–Trinajstić information content (AvgIpc) is 2.49. The van der Waals surface area contributed by atoms with Crippen LogP contribution < -0.4 is 10.7 Å². The Hall–Kier alpha value is -2.47. The first-order valence-corrected chi connectivity index (χ1v) is 6.99. The normalized spacial score (nSPS) is 13.5. The molecule has 2 N–H and O–H groups in total. The quantitative estimate of drug-likeness (QED) is 0.654. The van der Waals surface area contributed by atoms with Gasteiger partial charge in [-0.05, 0) is 36.7 Å². The minimum Gasteiger partial charge on any atom is -0.362 e. The first-order chi connectivity index (χ1) is 10.1. The van der Waals surface area contributed by atoms with Crippen LogP contribution >= 0.6 is 12.2 Å². The molecule has 21 heavy (non-hydrogen) atoms. The fourth-order valence-electron chi connectivity index (χ4n) is 2.43. The Morgan fingerprint density at radius 3 is 2.19 bits per heavy atom. The topological polar surface area (TPSA) is 61.4 Å². The fraction of sp³-hybridized carbons (Fsp3) is 0.133. The summed E-state index contributed by atoms with van der Waals surface area (Å²) in [6.45, 7) is 2.48. The summed E-state index contributed by atoms with van der Waals surface area (Å²) in [7, 11) is 0. The number of carbonyl (C=O) groups is 2. The van der Waals surface area contributed by atoms with Crippen LogP contribution in [0.15, 0.2) is 36.4 Å². The number of imide groups is 1. The van der Waals surface area contributed by atoms with E-state index >= 15 is 0 Å². The molecule has 0 radical (unpaired) electrons. The number of benzene rings is 2. The highest BCUT2D eigenvalue weighted by Crippen LogP contribution is 2.28. The van der Waals surface area contributed by atoms with E-state index in [1.54, 1.807) is 24.3 Å². The molecule has 0 aliphatic carbocycles. The van der Waals surface area contributed by atoms with Gasteiger partial charge in [-0.15, -0.1) is 0 Å². The summed E-state index contributed by atoms with van der Waals surface area (Å²) in [6, 6.07) is 10.8. The Bertz CT molecular complexity index is 722. The Balaban J connectivity index is 2.09. The van der Waals surface area contributed by atoms with Gasteiger partial charge in [0.15, 0.2) is 5.11 Å². The van der Waals surface area contributed by atoms with Crippen LogP contribution in [0.2, 0.25) is 0 Å². The molecular formula is C15H13N3O2S. The second-order valence-electron chi connectivity index (χ2n) is 4.63. The Kier molecular flexibility index (Phi) is 3.31. The molecular weight excluding hydrogens is 286 g/mol. The summed E-state index contributed by atoms with van der Waals surface area (Å²) >= 11 is 5.05. The number of nitrogens with zero attached hydrogens (tertiary/aromatic N) is 1. The molecule has 2 amide bonds. The number of nitrogens with one attached hydrogen (secondary N) is 2. The minimum atomic E-state index is -0.399. The number of thiocarbonyl (C=S) groups is 1. The van der Waals surface area contributed by atoms with Crippen LogP contribution in [-0.2, 0) is 0 Å². The number of carbonyl (C=O) groups excluding carboxylic acids is 2. The van der Waals surface area contributed by atoms with Crippen LogP contribution in [0.5, 0.6) is 0 Å². The second-order valence-corrected chi connectivity index (χ2v) is 5.03. The van der Waals surface area contributed by atoms with Gasteiger partial charge in [0.25, 0.3) is 11.8 Å². The zero-order valence-corrected chi connectivity index (χ0v) is 12.2. The van der Waals surface area contributed by atoms with Gasteiger partial charge in [-0.3, -0.25) is 15.0 Å². The largest absolute Gasteiger partial charge is 0.362 e. The van der Waals surface area contributed by atoms with Gasteiger partial charge in [0.05, 0.1) is 11.1 Å². The molecule has 0 spiro atoms. The predicted molar refractivity (Wildman–Crippen MR) is 83.9 cm³/mol. The van der Waals surface area contributed by atoms with E-state index in [0.717, 1.165) is 10.4 Å². The lowest BCUT2D eigenvalue weighted by Crippen LogP contribution is -2.54. The zero-order chi connectivity index (χ0) is 15.0. The molecule has 1 aliphatic rings. The summed E-state index contributed by atoms with van der Waals surface area (Å²) in [5.74, 6) is -0.797. The van der Waals surface area contributed by atoms with Crippen molar-refractivity contribution in [1.29, 1.82) is 0 Å². The third-order valence-electron chi connectivity index (χ3n) is 3.32. The molecule has 0 bridgehead atoms. The number of hydrogen-bond donors (Lipinski definition) is 2. The highest BCUT2D eigenvalue weighted by Gasteiger charge is 2.33. The van der Waals surface area contributed by atoms with Crippen LogP contribution in [0.25, 0.3) is 10.8 Å². The van der Waals surface area contributed by atoms with Crippen molar-refractivity contribution in [3.05, 3.63) is 47.5 Å². The van der Waals surface area contributed by atoms with Crippen LogP contribution in [0.1, 0.15) is 27.6 Å². The smallest absolute Gasteiger partial charge is 0.280 e. The summed E-state index contributed by atoms with van der Waals surface area (Å²) in [5, 5.41) is 5.63. The maximum atomic E-state index is 12.5. The number of hydrogen-bond acceptors (Lipinski definition) is 3. The lowest BCUT2D eigenvalue weighted by atomic mass is 9.95. The third-order valence-corrected chi connectivity index (χ3v) is 3.56. The van der Waals surface area contributed by atoms with Crippen molar-refractivity contribution in [2.24, 2.45) is 0 Å². The molecule has 0 aromatic heterocycles. The summed E-state index contributed by atoms with van der Waals surface area (Å²) in [5.41, 5.74) is 3.65. The van der Waals surface area contributed by atoms with Gasteiger partial charge in [0.2, 0.25) is 0 Å². The van der Waals surface area contributed by atoms with Crippen LogP contribution in [-0.4, -0.2) is 28.5 Å². The highest BCUT2D eigenvalue weighted by molar-refractivity contribution is 7.80. The molecule has 0 unspecified atom stereocenters. The molecule has 0 saturated heterocycles. The molecule has 5 nitrogen and oxygen atoms in total. The predicted octanol–water partition coefficient (Wildman–Crippen LogP) is 1.83.